The van der Waals surface area contributed by atoms with Crippen LogP contribution in [0.2, 0.25) is 0 Å². The normalized spacial score (nSPS) is 11.1. The number of amides is 1. The van der Waals surface area contributed by atoms with E-state index >= 15 is 0 Å². The van der Waals surface area contributed by atoms with Gasteiger partial charge in [-0.2, -0.15) is 0 Å². The van der Waals surface area contributed by atoms with Crippen LogP contribution < -0.4 is 15.2 Å². The third-order valence-corrected chi connectivity index (χ3v) is 5.02. The number of anilines is 1. The molecule has 0 saturated carbocycles. The number of carbonyl (C=O) groups excluding carboxylic acids is 2. The minimum absolute atomic E-state index is 0.0838. The number of Topliss-reactive ketones (excluding diaryl/α,β-unsaturated/α-hetero) is 1. The first kappa shape index (κ1) is 17.1. The molecule has 1 aromatic heterocycles. The van der Waals surface area contributed by atoms with Gasteiger partial charge in [-0.15, -0.1) is 11.3 Å². The van der Waals surface area contributed by atoms with Gasteiger partial charge in [0.05, 0.1) is 16.9 Å². The Morgan fingerprint density at radius 2 is 1.83 bits per heavy atom. The molecule has 1 amide bonds. The summed E-state index contributed by atoms with van der Waals surface area (Å²) in [5.41, 5.74) is 0.248. The highest BCUT2D eigenvalue weighted by Gasteiger charge is 2.17. The number of thiophene rings is 1. The summed E-state index contributed by atoms with van der Waals surface area (Å²) < 4.78 is 28.0. The van der Waals surface area contributed by atoms with Crippen molar-refractivity contribution in [3.63, 3.8) is 0 Å². The second kappa shape index (κ2) is 6.49. The molecule has 9 heteroatoms. The van der Waals surface area contributed by atoms with Crippen LogP contribution in [0.4, 0.5) is 5.69 Å². The van der Waals surface area contributed by atoms with Crippen molar-refractivity contribution in [3.8, 4) is 5.75 Å². The number of hydrogen-bond donors (Lipinski definition) is 2. The zero-order valence-electron chi connectivity index (χ0n) is 12.3. The third-order valence-electron chi connectivity index (χ3n) is 2.90. The van der Waals surface area contributed by atoms with Crippen molar-refractivity contribution < 1.29 is 22.7 Å². The van der Waals surface area contributed by atoms with Crippen LogP contribution in [-0.4, -0.2) is 27.2 Å². The predicted molar refractivity (Wildman–Crippen MR) is 86.6 cm³/mol. The highest BCUT2D eigenvalue weighted by molar-refractivity contribution is 7.89. The second-order valence-corrected chi connectivity index (χ2v) is 7.20. The number of rotatable bonds is 5. The molecule has 0 spiro atoms. The fraction of sp³-hybridized carbons (Fsp3) is 0.143. The Balaban J connectivity index is 2.29. The topological polar surface area (TPSA) is 116 Å². The SMILES string of the molecule is COc1ccc(NC(=O)c2ccc(C(C)=O)s2)cc1S(N)(=O)=O. The summed E-state index contributed by atoms with van der Waals surface area (Å²) in [7, 11) is -2.68. The fourth-order valence-corrected chi connectivity index (χ4v) is 3.34. The molecule has 0 aliphatic rings. The van der Waals surface area contributed by atoms with Gasteiger partial charge in [0.15, 0.2) is 5.78 Å². The number of carbonyl (C=O) groups is 2. The fourth-order valence-electron chi connectivity index (χ4n) is 1.82. The van der Waals surface area contributed by atoms with E-state index in [-0.39, 0.29) is 22.1 Å². The lowest BCUT2D eigenvalue weighted by Crippen LogP contribution is -2.15. The zero-order chi connectivity index (χ0) is 17.2. The monoisotopic (exact) mass is 354 g/mol. The highest BCUT2D eigenvalue weighted by Crippen LogP contribution is 2.27. The molecule has 3 N–H and O–H groups in total. The van der Waals surface area contributed by atoms with Gasteiger partial charge >= 0.3 is 0 Å². The Bertz CT molecular complexity index is 871. The minimum Gasteiger partial charge on any atom is -0.495 e. The van der Waals surface area contributed by atoms with Crippen LogP contribution in [-0.2, 0) is 10.0 Å². The van der Waals surface area contributed by atoms with Crippen LogP contribution in [0.1, 0.15) is 26.3 Å². The first-order valence-corrected chi connectivity index (χ1v) is 8.71. The van der Waals surface area contributed by atoms with E-state index in [0.29, 0.717) is 9.75 Å². The molecule has 0 radical (unpaired) electrons. The van der Waals surface area contributed by atoms with E-state index in [1.165, 1.54) is 38.3 Å². The van der Waals surface area contributed by atoms with Crippen molar-refractivity contribution in [1.82, 2.24) is 0 Å². The maximum atomic E-state index is 12.1. The van der Waals surface area contributed by atoms with Crippen molar-refractivity contribution in [3.05, 3.63) is 40.1 Å². The van der Waals surface area contributed by atoms with Crippen LogP contribution in [0, 0.1) is 0 Å². The van der Waals surface area contributed by atoms with Gasteiger partial charge in [0.1, 0.15) is 10.6 Å². The van der Waals surface area contributed by atoms with Gasteiger partial charge in [-0.3, -0.25) is 9.59 Å². The van der Waals surface area contributed by atoms with Crippen molar-refractivity contribution in [2.75, 3.05) is 12.4 Å². The summed E-state index contributed by atoms with van der Waals surface area (Å²) in [5, 5.41) is 7.68. The molecule has 2 rings (SSSR count). The Morgan fingerprint density at radius 1 is 1.17 bits per heavy atom. The van der Waals surface area contributed by atoms with E-state index in [9.17, 15) is 18.0 Å². The van der Waals surface area contributed by atoms with Crippen molar-refractivity contribution >= 4 is 38.7 Å². The molecule has 1 aromatic carbocycles. The van der Waals surface area contributed by atoms with Gasteiger partial charge in [-0.05, 0) is 37.3 Å². The van der Waals surface area contributed by atoms with Crippen LogP contribution in [0.5, 0.6) is 5.75 Å². The molecule has 0 unspecified atom stereocenters. The number of sulfonamides is 1. The van der Waals surface area contributed by atoms with Gasteiger partial charge < -0.3 is 10.1 Å². The van der Waals surface area contributed by atoms with Gasteiger partial charge in [-0.25, -0.2) is 13.6 Å². The number of primary sulfonamides is 1. The van der Waals surface area contributed by atoms with Crippen molar-refractivity contribution in [2.24, 2.45) is 5.14 Å². The number of ketones is 1. The molecule has 122 valence electrons. The van der Waals surface area contributed by atoms with E-state index in [1.807, 2.05) is 0 Å². The van der Waals surface area contributed by atoms with Crippen molar-refractivity contribution in [2.45, 2.75) is 11.8 Å². The number of hydrogen-bond acceptors (Lipinski definition) is 6. The standard InChI is InChI=1S/C14H14N2O5S2/c1-8(17)11-5-6-12(22-11)14(18)16-9-3-4-10(21-2)13(7-9)23(15,19)20/h3-7H,1-2H3,(H,16,18)(H2,15,19,20). The zero-order valence-corrected chi connectivity index (χ0v) is 14.0. The van der Waals surface area contributed by atoms with Gasteiger partial charge in [-0.1, -0.05) is 0 Å². The molecular formula is C14H14N2O5S2. The first-order chi connectivity index (χ1) is 10.7. The first-order valence-electron chi connectivity index (χ1n) is 6.35. The quantitative estimate of drug-likeness (QED) is 0.795. The van der Waals surface area contributed by atoms with Crippen molar-refractivity contribution in [1.29, 1.82) is 0 Å². The predicted octanol–water partition coefficient (Wildman–Crippen LogP) is 1.86. The number of nitrogens with one attached hydrogen (secondary N) is 1. The molecule has 0 bridgehead atoms. The maximum absolute atomic E-state index is 12.1. The number of ether oxygens (including phenoxy) is 1. The summed E-state index contributed by atoms with van der Waals surface area (Å²) in [6.07, 6.45) is 0. The summed E-state index contributed by atoms with van der Waals surface area (Å²) in [6, 6.07) is 7.19. The molecule has 23 heavy (non-hydrogen) atoms. The average molecular weight is 354 g/mol. The minimum atomic E-state index is -3.99. The van der Waals surface area contributed by atoms with Gasteiger partial charge in [0.2, 0.25) is 10.0 Å². The number of methoxy groups -OCH3 is 1. The Hall–Kier alpha value is -2.23. The summed E-state index contributed by atoms with van der Waals surface area (Å²) in [6.45, 7) is 1.41. The molecular weight excluding hydrogens is 340 g/mol. The van der Waals surface area contributed by atoms with E-state index < -0.39 is 15.9 Å². The second-order valence-electron chi connectivity index (χ2n) is 4.58. The Labute approximate surface area is 137 Å². The lowest BCUT2D eigenvalue weighted by molar-refractivity contribution is 0.101. The van der Waals surface area contributed by atoms with E-state index in [0.717, 1.165) is 11.3 Å². The molecule has 7 nitrogen and oxygen atoms in total. The maximum Gasteiger partial charge on any atom is 0.265 e. The smallest absolute Gasteiger partial charge is 0.265 e. The van der Waals surface area contributed by atoms with E-state index in [2.05, 4.69) is 5.32 Å². The molecule has 2 aromatic rings. The molecule has 0 aliphatic heterocycles. The highest BCUT2D eigenvalue weighted by atomic mass is 32.2. The van der Waals surface area contributed by atoms with Crippen LogP contribution in [0.15, 0.2) is 35.2 Å². The summed E-state index contributed by atoms with van der Waals surface area (Å²) >= 11 is 1.06. The van der Waals surface area contributed by atoms with Crippen LogP contribution in [0.25, 0.3) is 0 Å². The van der Waals surface area contributed by atoms with E-state index in [1.54, 1.807) is 6.07 Å². The summed E-state index contributed by atoms with van der Waals surface area (Å²) in [4.78, 5) is 24.0. The largest absolute Gasteiger partial charge is 0.495 e. The van der Waals surface area contributed by atoms with E-state index in [4.69, 9.17) is 9.88 Å². The number of benzene rings is 1. The Morgan fingerprint density at radius 3 is 2.35 bits per heavy atom. The Kier molecular flexibility index (Phi) is 4.83. The van der Waals surface area contributed by atoms with Crippen LogP contribution >= 0.6 is 11.3 Å². The summed E-state index contributed by atoms with van der Waals surface area (Å²) in [5.74, 6) is -0.497. The molecule has 1 heterocycles. The molecule has 0 atom stereocenters. The average Bonchev–Trinajstić information content (AvgIpc) is 2.96. The molecule has 0 fully saturated rings. The van der Waals surface area contributed by atoms with Crippen LogP contribution in [0.3, 0.4) is 0 Å². The molecule has 0 aliphatic carbocycles. The van der Waals surface area contributed by atoms with Gasteiger partial charge in [0.25, 0.3) is 5.91 Å². The number of nitrogens with two attached hydrogens (primary N) is 1. The van der Waals surface area contributed by atoms with Gasteiger partial charge in [0, 0.05) is 5.69 Å². The lowest BCUT2D eigenvalue weighted by Gasteiger charge is -2.09. The lowest BCUT2D eigenvalue weighted by atomic mass is 10.3. The molecule has 0 saturated heterocycles. The third kappa shape index (κ3) is 3.95.